The maximum Gasteiger partial charge on any atom is 0.128 e. The van der Waals surface area contributed by atoms with Crippen molar-refractivity contribution in [3.05, 3.63) is 23.9 Å². The van der Waals surface area contributed by atoms with Gasteiger partial charge < -0.3 is 15.4 Å². The van der Waals surface area contributed by atoms with Crippen molar-refractivity contribution in [3.63, 3.8) is 0 Å². The number of nitrogens with zero attached hydrogens (tertiary/aromatic N) is 2. The van der Waals surface area contributed by atoms with Crippen molar-refractivity contribution in [3.8, 4) is 0 Å². The first-order chi connectivity index (χ1) is 7.75. The highest BCUT2D eigenvalue weighted by atomic mass is 16.5. The third-order valence-corrected chi connectivity index (χ3v) is 2.70. The fourth-order valence-electron chi connectivity index (χ4n) is 1.89. The number of morpholine rings is 1. The molecule has 88 valence electrons. The lowest BCUT2D eigenvalue weighted by molar-refractivity contribution is 0.122. The molecule has 0 radical (unpaired) electrons. The third-order valence-electron chi connectivity index (χ3n) is 2.70. The highest BCUT2D eigenvalue weighted by Crippen LogP contribution is 2.13. The van der Waals surface area contributed by atoms with E-state index in [9.17, 15) is 0 Å². The summed E-state index contributed by atoms with van der Waals surface area (Å²) in [4.78, 5) is 6.72. The average Bonchev–Trinajstić information content (AvgIpc) is 2.30. The minimum Gasteiger partial charge on any atom is -0.378 e. The largest absolute Gasteiger partial charge is 0.378 e. The van der Waals surface area contributed by atoms with Crippen molar-refractivity contribution < 1.29 is 4.74 Å². The first-order valence-corrected chi connectivity index (χ1v) is 5.79. The Labute approximate surface area is 96.4 Å². The second kappa shape index (κ2) is 5.27. The number of anilines is 1. The van der Waals surface area contributed by atoms with Crippen LogP contribution in [0.2, 0.25) is 0 Å². The molecule has 4 heteroatoms. The zero-order valence-electron chi connectivity index (χ0n) is 9.72. The summed E-state index contributed by atoms with van der Waals surface area (Å²) in [6, 6.07) is 4.38. The van der Waals surface area contributed by atoms with Crippen LogP contribution in [-0.2, 0) is 11.2 Å². The van der Waals surface area contributed by atoms with Gasteiger partial charge in [0, 0.05) is 25.3 Å². The summed E-state index contributed by atoms with van der Waals surface area (Å²) in [5.74, 6) is 1.04. The lowest BCUT2D eigenvalue weighted by atomic mass is 10.1. The molecule has 0 spiro atoms. The Balaban J connectivity index is 2.00. The molecule has 0 saturated carbocycles. The summed E-state index contributed by atoms with van der Waals surface area (Å²) in [5.41, 5.74) is 6.95. The Hall–Kier alpha value is -1.13. The number of aromatic nitrogens is 1. The fourth-order valence-corrected chi connectivity index (χ4v) is 1.89. The van der Waals surface area contributed by atoms with Crippen molar-refractivity contribution >= 4 is 5.82 Å². The molecule has 16 heavy (non-hydrogen) atoms. The average molecular weight is 221 g/mol. The van der Waals surface area contributed by atoms with Gasteiger partial charge in [0.25, 0.3) is 0 Å². The minimum absolute atomic E-state index is 0.191. The highest BCUT2D eigenvalue weighted by molar-refractivity contribution is 5.39. The molecule has 1 fully saturated rings. The lowest BCUT2D eigenvalue weighted by Crippen LogP contribution is -2.36. The maximum atomic E-state index is 5.75. The van der Waals surface area contributed by atoms with Gasteiger partial charge in [0.2, 0.25) is 0 Å². The molecule has 2 heterocycles. The molecule has 0 aliphatic carbocycles. The highest BCUT2D eigenvalue weighted by Gasteiger charge is 2.11. The monoisotopic (exact) mass is 221 g/mol. The molecule has 0 bridgehead atoms. The van der Waals surface area contributed by atoms with E-state index in [1.807, 2.05) is 13.1 Å². The molecule has 1 aromatic heterocycles. The summed E-state index contributed by atoms with van der Waals surface area (Å²) in [7, 11) is 0. The number of nitrogens with two attached hydrogens (primary N) is 1. The van der Waals surface area contributed by atoms with Crippen molar-refractivity contribution in [2.75, 3.05) is 31.2 Å². The standard InChI is InChI=1S/C12H19N3O/c1-10(13)8-11-2-3-12(14-9-11)15-4-6-16-7-5-15/h2-3,9-10H,4-8,13H2,1H3. The van der Waals surface area contributed by atoms with Gasteiger partial charge >= 0.3 is 0 Å². The molecule has 1 atom stereocenters. The molecular formula is C12H19N3O. The second-order valence-corrected chi connectivity index (χ2v) is 4.31. The maximum absolute atomic E-state index is 5.75. The molecule has 1 saturated heterocycles. The molecule has 1 aliphatic rings. The number of pyridine rings is 1. The van der Waals surface area contributed by atoms with Crippen molar-refractivity contribution in [2.24, 2.45) is 5.73 Å². The third kappa shape index (κ3) is 2.93. The molecule has 4 nitrogen and oxygen atoms in total. The van der Waals surface area contributed by atoms with E-state index in [1.165, 1.54) is 5.56 Å². The Morgan fingerprint density at radius 2 is 2.19 bits per heavy atom. The van der Waals surface area contributed by atoms with E-state index in [4.69, 9.17) is 10.5 Å². The normalized spacial score (nSPS) is 18.5. The van der Waals surface area contributed by atoms with Gasteiger partial charge in [-0.3, -0.25) is 0 Å². The molecular weight excluding hydrogens is 202 g/mol. The molecule has 1 aliphatic heterocycles. The van der Waals surface area contributed by atoms with Crippen LogP contribution in [0.1, 0.15) is 12.5 Å². The molecule has 1 unspecified atom stereocenters. The summed E-state index contributed by atoms with van der Waals surface area (Å²) >= 11 is 0. The number of ether oxygens (including phenoxy) is 1. The smallest absolute Gasteiger partial charge is 0.128 e. The summed E-state index contributed by atoms with van der Waals surface area (Å²) in [6.45, 7) is 5.46. The van der Waals surface area contributed by atoms with E-state index in [2.05, 4.69) is 22.0 Å². The van der Waals surface area contributed by atoms with Crippen LogP contribution in [0.25, 0.3) is 0 Å². The zero-order chi connectivity index (χ0) is 11.4. The van der Waals surface area contributed by atoms with E-state index in [1.54, 1.807) is 0 Å². The van der Waals surface area contributed by atoms with Gasteiger partial charge in [0.15, 0.2) is 0 Å². The van der Waals surface area contributed by atoms with Crippen LogP contribution < -0.4 is 10.6 Å². The molecule has 1 aromatic rings. The quantitative estimate of drug-likeness (QED) is 0.820. The van der Waals surface area contributed by atoms with Gasteiger partial charge in [-0.25, -0.2) is 4.98 Å². The van der Waals surface area contributed by atoms with Crippen LogP contribution in [0.4, 0.5) is 5.82 Å². The Morgan fingerprint density at radius 3 is 2.75 bits per heavy atom. The fraction of sp³-hybridized carbons (Fsp3) is 0.583. The van der Waals surface area contributed by atoms with Crippen LogP contribution in [0.5, 0.6) is 0 Å². The first-order valence-electron chi connectivity index (χ1n) is 5.79. The Morgan fingerprint density at radius 1 is 1.44 bits per heavy atom. The van der Waals surface area contributed by atoms with E-state index in [0.29, 0.717) is 0 Å². The van der Waals surface area contributed by atoms with Gasteiger partial charge in [0.05, 0.1) is 13.2 Å². The van der Waals surface area contributed by atoms with Gasteiger partial charge in [0.1, 0.15) is 5.82 Å². The summed E-state index contributed by atoms with van der Waals surface area (Å²) < 4.78 is 5.31. The van der Waals surface area contributed by atoms with Crippen LogP contribution in [0.3, 0.4) is 0 Å². The number of hydrogen-bond acceptors (Lipinski definition) is 4. The lowest BCUT2D eigenvalue weighted by Gasteiger charge is -2.27. The van der Waals surface area contributed by atoms with Crippen LogP contribution in [0, 0.1) is 0 Å². The SMILES string of the molecule is CC(N)Cc1ccc(N2CCOCC2)nc1. The Kier molecular flexibility index (Phi) is 3.74. The summed E-state index contributed by atoms with van der Waals surface area (Å²) in [5, 5.41) is 0. The van der Waals surface area contributed by atoms with Gasteiger partial charge in [-0.05, 0) is 25.0 Å². The topological polar surface area (TPSA) is 51.4 Å². The second-order valence-electron chi connectivity index (χ2n) is 4.31. The minimum atomic E-state index is 0.191. The number of hydrogen-bond donors (Lipinski definition) is 1. The predicted octanol–water partition coefficient (Wildman–Crippen LogP) is 0.808. The van der Waals surface area contributed by atoms with E-state index in [0.717, 1.165) is 38.5 Å². The van der Waals surface area contributed by atoms with E-state index < -0.39 is 0 Å². The molecule has 0 amide bonds. The molecule has 0 aromatic carbocycles. The predicted molar refractivity (Wildman–Crippen MR) is 64.6 cm³/mol. The van der Waals surface area contributed by atoms with Crippen LogP contribution in [-0.4, -0.2) is 37.3 Å². The van der Waals surface area contributed by atoms with Crippen molar-refractivity contribution in [1.82, 2.24) is 4.98 Å². The molecule has 2 N–H and O–H groups in total. The van der Waals surface area contributed by atoms with Crippen molar-refractivity contribution in [1.29, 1.82) is 0 Å². The molecule has 2 rings (SSSR count). The zero-order valence-corrected chi connectivity index (χ0v) is 9.72. The van der Waals surface area contributed by atoms with E-state index in [-0.39, 0.29) is 6.04 Å². The van der Waals surface area contributed by atoms with Crippen LogP contribution >= 0.6 is 0 Å². The van der Waals surface area contributed by atoms with Crippen LogP contribution in [0.15, 0.2) is 18.3 Å². The van der Waals surface area contributed by atoms with Gasteiger partial charge in [-0.1, -0.05) is 6.07 Å². The Bertz CT molecular complexity index is 318. The first kappa shape index (κ1) is 11.4. The summed E-state index contributed by atoms with van der Waals surface area (Å²) in [6.07, 6.45) is 2.81. The number of rotatable bonds is 3. The van der Waals surface area contributed by atoms with Crippen molar-refractivity contribution in [2.45, 2.75) is 19.4 Å². The van der Waals surface area contributed by atoms with E-state index >= 15 is 0 Å². The van der Waals surface area contributed by atoms with Gasteiger partial charge in [-0.15, -0.1) is 0 Å². The van der Waals surface area contributed by atoms with Gasteiger partial charge in [-0.2, -0.15) is 0 Å².